The van der Waals surface area contributed by atoms with Crippen LogP contribution in [0.25, 0.3) is 10.8 Å². The summed E-state index contributed by atoms with van der Waals surface area (Å²) in [7, 11) is 0. The second kappa shape index (κ2) is 3.01. The summed E-state index contributed by atoms with van der Waals surface area (Å²) >= 11 is 0. The highest BCUT2D eigenvalue weighted by molar-refractivity contribution is 5.83. The minimum absolute atomic E-state index is 0.625. The predicted octanol–water partition coefficient (Wildman–Crippen LogP) is 4.66. The van der Waals surface area contributed by atoms with E-state index in [1.54, 1.807) is 0 Å². The molecule has 2 aromatic rings. The Morgan fingerprint density at radius 1 is 1.00 bits per heavy atom. The van der Waals surface area contributed by atoms with E-state index in [1.165, 1.54) is 41.2 Å². The lowest BCUT2D eigenvalue weighted by Gasteiger charge is -2.30. The number of benzene rings is 2. The molecular formula is C17H16. The second-order valence-electron chi connectivity index (χ2n) is 5.83. The molecule has 2 saturated carbocycles. The molecule has 0 nitrogen and oxygen atoms in total. The van der Waals surface area contributed by atoms with Crippen molar-refractivity contribution in [2.75, 3.05) is 0 Å². The molecule has 0 aromatic heterocycles. The number of allylic oxidation sites excluding steroid dienone is 1. The van der Waals surface area contributed by atoms with Gasteiger partial charge in [-0.25, -0.2) is 0 Å². The summed E-state index contributed by atoms with van der Waals surface area (Å²) in [6.07, 6.45) is 3.92. The maximum Gasteiger partial charge on any atom is -0.00930 e. The van der Waals surface area contributed by atoms with E-state index in [4.69, 9.17) is 0 Å². The number of hydrogen-bond donors (Lipinski definition) is 0. The average molecular weight is 220 g/mol. The fourth-order valence-corrected chi connectivity index (χ4v) is 3.58. The van der Waals surface area contributed by atoms with Crippen molar-refractivity contribution in [2.24, 2.45) is 5.41 Å². The van der Waals surface area contributed by atoms with E-state index < -0.39 is 0 Å². The van der Waals surface area contributed by atoms with Gasteiger partial charge >= 0.3 is 0 Å². The summed E-state index contributed by atoms with van der Waals surface area (Å²) < 4.78 is 0. The highest BCUT2D eigenvalue weighted by atomic mass is 14.6. The van der Waals surface area contributed by atoms with Gasteiger partial charge in [-0.2, -0.15) is 0 Å². The van der Waals surface area contributed by atoms with E-state index in [-0.39, 0.29) is 0 Å². The number of rotatable bonds is 1. The lowest BCUT2D eigenvalue weighted by Crippen LogP contribution is -2.16. The highest BCUT2D eigenvalue weighted by Crippen LogP contribution is 2.71. The van der Waals surface area contributed by atoms with Crippen molar-refractivity contribution >= 4 is 10.8 Å². The average Bonchev–Trinajstić information content (AvgIpc) is 3.03. The van der Waals surface area contributed by atoms with Gasteiger partial charge in [0.05, 0.1) is 0 Å². The SMILES string of the molecule is C=C1CC2(C1)CC2c1ccc2ccccc2c1. The summed E-state index contributed by atoms with van der Waals surface area (Å²) in [6, 6.07) is 15.6. The molecule has 0 heteroatoms. The van der Waals surface area contributed by atoms with Crippen molar-refractivity contribution in [3.05, 3.63) is 60.2 Å². The molecule has 4 rings (SSSR count). The molecule has 2 aliphatic carbocycles. The van der Waals surface area contributed by atoms with Crippen LogP contribution < -0.4 is 0 Å². The van der Waals surface area contributed by atoms with Crippen LogP contribution in [0.15, 0.2) is 54.6 Å². The van der Waals surface area contributed by atoms with Crippen LogP contribution in [-0.4, -0.2) is 0 Å². The van der Waals surface area contributed by atoms with E-state index in [0.29, 0.717) is 5.41 Å². The molecule has 0 amide bonds. The summed E-state index contributed by atoms with van der Waals surface area (Å²) in [5, 5.41) is 2.73. The minimum Gasteiger partial charge on any atom is -0.0998 e. The third-order valence-electron chi connectivity index (χ3n) is 4.57. The van der Waals surface area contributed by atoms with Crippen molar-refractivity contribution in [1.82, 2.24) is 0 Å². The van der Waals surface area contributed by atoms with Crippen molar-refractivity contribution in [3.63, 3.8) is 0 Å². The Bertz CT molecular complexity index is 613. The van der Waals surface area contributed by atoms with Gasteiger partial charge in [0.2, 0.25) is 0 Å². The smallest absolute Gasteiger partial charge is 0.00930 e. The van der Waals surface area contributed by atoms with Crippen LogP contribution in [0.5, 0.6) is 0 Å². The van der Waals surface area contributed by atoms with Crippen LogP contribution >= 0.6 is 0 Å². The van der Waals surface area contributed by atoms with Crippen molar-refractivity contribution in [3.8, 4) is 0 Å². The molecule has 0 radical (unpaired) electrons. The Morgan fingerprint density at radius 3 is 2.53 bits per heavy atom. The van der Waals surface area contributed by atoms with Crippen LogP contribution in [0, 0.1) is 5.41 Å². The summed E-state index contributed by atoms with van der Waals surface area (Å²) in [4.78, 5) is 0. The lowest BCUT2D eigenvalue weighted by molar-refractivity contribution is 0.380. The highest BCUT2D eigenvalue weighted by Gasteiger charge is 2.59. The number of hydrogen-bond acceptors (Lipinski definition) is 0. The molecular weight excluding hydrogens is 204 g/mol. The van der Waals surface area contributed by atoms with E-state index in [1.807, 2.05) is 0 Å². The van der Waals surface area contributed by atoms with Crippen LogP contribution in [0.2, 0.25) is 0 Å². The molecule has 0 aliphatic heterocycles. The molecule has 84 valence electrons. The first-order chi connectivity index (χ1) is 8.27. The van der Waals surface area contributed by atoms with Gasteiger partial charge in [0.25, 0.3) is 0 Å². The lowest BCUT2D eigenvalue weighted by atomic mass is 9.75. The predicted molar refractivity (Wildman–Crippen MR) is 72.1 cm³/mol. The Morgan fingerprint density at radius 2 is 1.76 bits per heavy atom. The quantitative estimate of drug-likeness (QED) is 0.613. The molecule has 2 aliphatic rings. The fourth-order valence-electron chi connectivity index (χ4n) is 3.58. The molecule has 0 saturated heterocycles. The van der Waals surface area contributed by atoms with Gasteiger partial charge in [-0.05, 0) is 46.9 Å². The van der Waals surface area contributed by atoms with E-state index >= 15 is 0 Å². The number of fused-ring (bicyclic) bond motifs is 1. The zero-order chi connectivity index (χ0) is 11.5. The Kier molecular flexibility index (Phi) is 1.68. The molecule has 0 bridgehead atoms. The first-order valence-electron chi connectivity index (χ1n) is 6.42. The molecule has 2 fully saturated rings. The van der Waals surface area contributed by atoms with Crippen molar-refractivity contribution in [2.45, 2.75) is 25.2 Å². The summed E-state index contributed by atoms with van der Waals surface area (Å²) in [5.41, 5.74) is 3.61. The van der Waals surface area contributed by atoms with Gasteiger partial charge in [-0.3, -0.25) is 0 Å². The zero-order valence-corrected chi connectivity index (χ0v) is 9.95. The van der Waals surface area contributed by atoms with E-state index in [9.17, 15) is 0 Å². The zero-order valence-electron chi connectivity index (χ0n) is 9.95. The largest absolute Gasteiger partial charge is 0.0998 e. The molecule has 1 atom stereocenters. The third-order valence-corrected chi connectivity index (χ3v) is 4.57. The third kappa shape index (κ3) is 1.30. The van der Waals surface area contributed by atoms with Gasteiger partial charge in [-0.1, -0.05) is 54.6 Å². The summed E-state index contributed by atoms with van der Waals surface area (Å²) in [6.45, 7) is 4.07. The van der Waals surface area contributed by atoms with E-state index in [2.05, 4.69) is 49.0 Å². The maximum absolute atomic E-state index is 4.07. The van der Waals surface area contributed by atoms with Crippen molar-refractivity contribution < 1.29 is 0 Å². The van der Waals surface area contributed by atoms with Gasteiger partial charge in [0.1, 0.15) is 0 Å². The monoisotopic (exact) mass is 220 g/mol. The van der Waals surface area contributed by atoms with Crippen LogP contribution in [0.4, 0.5) is 0 Å². The van der Waals surface area contributed by atoms with Crippen molar-refractivity contribution in [1.29, 1.82) is 0 Å². The van der Waals surface area contributed by atoms with Crippen LogP contribution in [0.3, 0.4) is 0 Å². The topological polar surface area (TPSA) is 0 Å². The van der Waals surface area contributed by atoms with Gasteiger partial charge < -0.3 is 0 Å². The van der Waals surface area contributed by atoms with Crippen LogP contribution in [0.1, 0.15) is 30.7 Å². The minimum atomic E-state index is 0.625. The van der Waals surface area contributed by atoms with E-state index in [0.717, 1.165) is 5.92 Å². The Balaban J connectivity index is 1.71. The normalized spacial score (nSPS) is 24.9. The molecule has 1 spiro atoms. The molecule has 1 unspecified atom stereocenters. The van der Waals surface area contributed by atoms with Gasteiger partial charge in [-0.15, -0.1) is 0 Å². The first-order valence-corrected chi connectivity index (χ1v) is 6.42. The standard InChI is InChI=1S/C17H16/c1-12-9-17(10-12)11-16(17)15-7-6-13-4-2-3-5-14(13)8-15/h2-8,16H,1,9-11H2. The first kappa shape index (κ1) is 9.47. The maximum atomic E-state index is 4.07. The molecule has 0 heterocycles. The van der Waals surface area contributed by atoms with Gasteiger partial charge in [0, 0.05) is 0 Å². The molecule has 2 aromatic carbocycles. The fraction of sp³-hybridized carbons (Fsp3) is 0.294. The Labute approximate surface area is 102 Å². The Hall–Kier alpha value is -1.56. The molecule has 0 N–H and O–H groups in total. The molecule has 17 heavy (non-hydrogen) atoms. The second-order valence-corrected chi connectivity index (χ2v) is 5.83. The van der Waals surface area contributed by atoms with Crippen LogP contribution in [-0.2, 0) is 0 Å². The summed E-state index contributed by atoms with van der Waals surface area (Å²) in [5.74, 6) is 0.803. The van der Waals surface area contributed by atoms with Gasteiger partial charge in [0.15, 0.2) is 0 Å².